The summed E-state index contributed by atoms with van der Waals surface area (Å²) in [5, 5.41) is 0. The fraction of sp³-hybridized carbons (Fsp3) is 0.742. The average Bonchev–Trinajstić information content (AvgIpc) is 3.11. The third-order valence-electron chi connectivity index (χ3n) is 10.00. The molecule has 0 N–H and O–H groups in total. The molecule has 3 saturated carbocycles. The van der Waals surface area contributed by atoms with Gasteiger partial charge in [-0.1, -0.05) is 48.3 Å². The molecule has 0 unspecified atom stereocenters. The molecular weight excluding hydrogens is 436 g/mol. The van der Waals surface area contributed by atoms with E-state index in [0.717, 1.165) is 44.9 Å². The van der Waals surface area contributed by atoms with Crippen molar-refractivity contribution in [1.82, 2.24) is 0 Å². The summed E-state index contributed by atoms with van der Waals surface area (Å²) in [6.07, 6.45) is 14.2. The Balaban J connectivity index is 1.65. The van der Waals surface area contributed by atoms with Gasteiger partial charge in [-0.25, -0.2) is 0 Å². The third-order valence-corrected chi connectivity index (χ3v) is 10.00. The van der Waals surface area contributed by atoms with Gasteiger partial charge in [-0.3, -0.25) is 9.59 Å². The first-order chi connectivity index (χ1) is 16.5. The number of carbonyl (C=O) groups is 2. The summed E-state index contributed by atoms with van der Waals surface area (Å²) < 4.78 is 11.7. The van der Waals surface area contributed by atoms with Crippen molar-refractivity contribution in [3.63, 3.8) is 0 Å². The molecule has 0 amide bonds. The second-order valence-electron chi connectivity index (χ2n) is 12.5. The van der Waals surface area contributed by atoms with Gasteiger partial charge in [0, 0.05) is 19.8 Å². The van der Waals surface area contributed by atoms with E-state index in [0.29, 0.717) is 11.8 Å². The van der Waals surface area contributed by atoms with Gasteiger partial charge in [0.15, 0.2) is 0 Å². The van der Waals surface area contributed by atoms with Gasteiger partial charge >= 0.3 is 11.9 Å². The van der Waals surface area contributed by atoms with Crippen LogP contribution in [-0.4, -0.2) is 24.1 Å². The molecule has 7 atom stereocenters. The highest BCUT2D eigenvalue weighted by atomic mass is 16.5. The minimum absolute atomic E-state index is 0.00592. The summed E-state index contributed by atoms with van der Waals surface area (Å²) in [7, 11) is 0. The molecule has 0 bridgehead atoms. The summed E-state index contributed by atoms with van der Waals surface area (Å²) in [6, 6.07) is 0. The van der Waals surface area contributed by atoms with E-state index in [1.54, 1.807) is 16.7 Å². The Bertz CT molecular complexity index is 951. The lowest BCUT2D eigenvalue weighted by Crippen LogP contribution is -2.54. The van der Waals surface area contributed by atoms with Crippen LogP contribution in [0.3, 0.4) is 0 Å². The van der Waals surface area contributed by atoms with Crippen molar-refractivity contribution < 1.29 is 19.1 Å². The van der Waals surface area contributed by atoms with Crippen molar-refractivity contribution in [2.45, 2.75) is 118 Å². The number of allylic oxidation sites excluding steroid dienone is 6. The van der Waals surface area contributed by atoms with Gasteiger partial charge in [0.2, 0.25) is 0 Å². The van der Waals surface area contributed by atoms with E-state index in [-0.39, 0.29) is 40.9 Å². The number of esters is 2. The first-order valence-corrected chi connectivity index (χ1v) is 13.8. The Labute approximate surface area is 212 Å². The summed E-state index contributed by atoms with van der Waals surface area (Å²) in [4.78, 5) is 23.8. The zero-order valence-corrected chi connectivity index (χ0v) is 23.0. The van der Waals surface area contributed by atoms with Crippen molar-refractivity contribution in [3.8, 4) is 0 Å². The van der Waals surface area contributed by atoms with E-state index < -0.39 is 0 Å². The van der Waals surface area contributed by atoms with Crippen LogP contribution in [-0.2, 0) is 19.1 Å². The molecule has 0 aromatic carbocycles. The highest BCUT2D eigenvalue weighted by Gasteiger charge is 2.59. The number of rotatable bonds is 5. The SMILES string of the molecule is CC(=O)O[C@H]1CC[C@]2(C)C3=CC[C@]4(C)/C(=C(\C)CCC=C(C)C)CC[C@H]4[C@@H]3C[C@H](OC(C)=O)[C@H]2C1. The van der Waals surface area contributed by atoms with Crippen molar-refractivity contribution in [2.75, 3.05) is 0 Å². The highest BCUT2D eigenvalue weighted by Crippen LogP contribution is 2.66. The lowest BCUT2D eigenvalue weighted by Gasteiger charge is -2.58. The fourth-order valence-electron chi connectivity index (χ4n) is 8.44. The second-order valence-corrected chi connectivity index (χ2v) is 12.5. The molecule has 0 spiro atoms. The van der Waals surface area contributed by atoms with E-state index in [2.05, 4.69) is 46.8 Å². The Morgan fingerprint density at radius 2 is 1.69 bits per heavy atom. The minimum atomic E-state index is -0.214. The van der Waals surface area contributed by atoms with E-state index in [9.17, 15) is 9.59 Å². The molecule has 4 rings (SSSR count). The molecule has 0 aromatic heterocycles. The predicted molar refractivity (Wildman–Crippen MR) is 140 cm³/mol. The summed E-state index contributed by atoms with van der Waals surface area (Å²) in [6.45, 7) is 14.6. The zero-order valence-electron chi connectivity index (χ0n) is 23.0. The highest BCUT2D eigenvalue weighted by molar-refractivity contribution is 5.66. The van der Waals surface area contributed by atoms with Crippen LogP contribution >= 0.6 is 0 Å². The van der Waals surface area contributed by atoms with E-state index in [4.69, 9.17) is 9.47 Å². The van der Waals surface area contributed by atoms with Gasteiger partial charge in [0.25, 0.3) is 0 Å². The van der Waals surface area contributed by atoms with Gasteiger partial charge in [-0.05, 0) is 101 Å². The molecular formula is C31H46O4. The second kappa shape index (κ2) is 9.90. The molecule has 4 aliphatic rings. The average molecular weight is 483 g/mol. The summed E-state index contributed by atoms with van der Waals surface area (Å²) in [5.41, 5.74) is 6.50. The van der Waals surface area contributed by atoms with Gasteiger partial charge in [-0.2, -0.15) is 0 Å². The van der Waals surface area contributed by atoms with Gasteiger partial charge in [-0.15, -0.1) is 0 Å². The number of fused-ring (bicyclic) bond motifs is 5. The monoisotopic (exact) mass is 482 g/mol. The topological polar surface area (TPSA) is 52.6 Å². The van der Waals surface area contributed by atoms with Crippen LogP contribution in [0.1, 0.15) is 106 Å². The first-order valence-electron chi connectivity index (χ1n) is 13.8. The van der Waals surface area contributed by atoms with Crippen molar-refractivity contribution >= 4 is 11.9 Å². The van der Waals surface area contributed by atoms with Gasteiger partial charge in [0.05, 0.1) is 0 Å². The maximum atomic E-state index is 12.2. The molecule has 0 heterocycles. The smallest absolute Gasteiger partial charge is 0.302 e. The van der Waals surface area contributed by atoms with Crippen molar-refractivity contribution in [2.24, 2.45) is 28.6 Å². The number of ether oxygens (including phenoxy) is 2. The summed E-state index contributed by atoms with van der Waals surface area (Å²) >= 11 is 0. The Kier molecular flexibility index (Phi) is 7.42. The molecule has 0 aromatic rings. The molecule has 3 fully saturated rings. The Morgan fingerprint density at radius 1 is 0.971 bits per heavy atom. The lowest BCUT2D eigenvalue weighted by atomic mass is 9.48. The standard InChI is InChI=1S/C31H46O4/c1-19(2)9-8-10-20(3)25-11-12-26-24-18-29(35-22(5)33)28-17-23(34-21(4)32)13-15-31(28,7)27(24)14-16-30(25,26)6/h9,14,23-24,26,28-29H,8,10-13,15-18H2,1-7H3/b25-20+/t23-,24-,26-,28+,29-,30+,31+/m0/s1. The zero-order chi connectivity index (χ0) is 25.5. The van der Waals surface area contributed by atoms with Crippen LogP contribution in [0.15, 0.2) is 34.4 Å². The van der Waals surface area contributed by atoms with E-state index in [1.165, 1.54) is 32.3 Å². The molecule has 4 nitrogen and oxygen atoms in total. The number of hydrogen-bond donors (Lipinski definition) is 0. The molecule has 35 heavy (non-hydrogen) atoms. The Morgan fingerprint density at radius 3 is 2.34 bits per heavy atom. The summed E-state index contributed by atoms with van der Waals surface area (Å²) in [5.74, 6) is 0.874. The molecule has 194 valence electrons. The normalized spacial score (nSPS) is 39.4. The fourth-order valence-corrected chi connectivity index (χ4v) is 8.44. The number of carbonyl (C=O) groups excluding carboxylic acids is 2. The molecule has 0 saturated heterocycles. The molecule has 0 aliphatic heterocycles. The van der Waals surface area contributed by atoms with E-state index in [1.807, 2.05) is 0 Å². The van der Waals surface area contributed by atoms with Crippen LogP contribution in [0, 0.1) is 28.6 Å². The van der Waals surface area contributed by atoms with Crippen LogP contribution < -0.4 is 0 Å². The molecule has 4 heteroatoms. The van der Waals surface area contributed by atoms with Crippen molar-refractivity contribution in [3.05, 3.63) is 34.4 Å². The first kappa shape index (κ1) is 26.2. The molecule has 0 radical (unpaired) electrons. The van der Waals surface area contributed by atoms with Crippen LogP contribution in [0.25, 0.3) is 0 Å². The van der Waals surface area contributed by atoms with Crippen LogP contribution in [0.2, 0.25) is 0 Å². The van der Waals surface area contributed by atoms with Crippen LogP contribution in [0.5, 0.6) is 0 Å². The van der Waals surface area contributed by atoms with E-state index >= 15 is 0 Å². The van der Waals surface area contributed by atoms with Gasteiger partial charge < -0.3 is 9.47 Å². The maximum absolute atomic E-state index is 12.2. The van der Waals surface area contributed by atoms with Gasteiger partial charge in [0.1, 0.15) is 12.2 Å². The Hall–Kier alpha value is -1.84. The third kappa shape index (κ3) is 4.91. The quantitative estimate of drug-likeness (QED) is 0.301. The lowest BCUT2D eigenvalue weighted by molar-refractivity contribution is -0.167. The maximum Gasteiger partial charge on any atom is 0.302 e. The molecule has 4 aliphatic carbocycles. The largest absolute Gasteiger partial charge is 0.463 e. The minimum Gasteiger partial charge on any atom is -0.463 e. The van der Waals surface area contributed by atoms with Crippen molar-refractivity contribution in [1.29, 1.82) is 0 Å². The van der Waals surface area contributed by atoms with Crippen LogP contribution in [0.4, 0.5) is 0 Å². The number of hydrogen-bond acceptors (Lipinski definition) is 4. The predicted octanol–water partition coefficient (Wildman–Crippen LogP) is 7.49.